The fourth-order valence-electron chi connectivity index (χ4n) is 3.16. The summed E-state index contributed by atoms with van der Waals surface area (Å²) in [6.45, 7) is 9.77. The lowest BCUT2D eigenvalue weighted by Gasteiger charge is -2.17. The minimum Gasteiger partial charge on any atom is -0.464 e. The Hall–Kier alpha value is -2.54. The number of amides is 1. The number of carbonyl (C=O) groups excluding carboxylic acids is 2. The molecule has 0 aliphatic carbocycles. The van der Waals surface area contributed by atoms with Crippen molar-refractivity contribution in [2.24, 2.45) is 7.05 Å². The highest BCUT2D eigenvalue weighted by Gasteiger charge is 2.13. The van der Waals surface area contributed by atoms with E-state index in [0.717, 1.165) is 36.1 Å². The van der Waals surface area contributed by atoms with Crippen LogP contribution in [0, 0.1) is 0 Å². The van der Waals surface area contributed by atoms with Gasteiger partial charge in [-0.1, -0.05) is 13.8 Å². The number of aryl methyl sites for hydroxylation is 2. The van der Waals surface area contributed by atoms with Crippen molar-refractivity contribution in [1.29, 1.82) is 0 Å². The van der Waals surface area contributed by atoms with Gasteiger partial charge in [-0.15, -0.1) is 0 Å². The zero-order valence-corrected chi connectivity index (χ0v) is 18.2. The summed E-state index contributed by atoms with van der Waals surface area (Å²) in [4.78, 5) is 27.8. The van der Waals surface area contributed by atoms with E-state index in [1.54, 1.807) is 13.1 Å². The summed E-state index contributed by atoms with van der Waals surface area (Å²) in [5, 5.41) is 1.05. The first-order chi connectivity index (χ1) is 13.9. The maximum atomic E-state index is 12.1. The summed E-state index contributed by atoms with van der Waals surface area (Å²) in [5.74, 6) is 0.327. The molecule has 7 heteroatoms. The van der Waals surface area contributed by atoms with Crippen molar-refractivity contribution in [3.8, 4) is 5.75 Å². The Bertz CT molecular complexity index is 827. The lowest BCUT2D eigenvalue weighted by atomic mass is 10.1. The standard InChI is InChI=1S/C22H33N3O4/c1-6-23(4)22(27)29-18-10-11-19-17(16-24(5)20(19)15-18)9-12-21(26)28-14-13-25(7-2)8-3/h10-11,15-16H,6-9,12-14H2,1-5H3. The number of esters is 1. The van der Waals surface area contributed by atoms with Crippen molar-refractivity contribution in [3.63, 3.8) is 0 Å². The maximum Gasteiger partial charge on any atom is 0.414 e. The van der Waals surface area contributed by atoms with Crippen molar-refractivity contribution < 1.29 is 19.1 Å². The van der Waals surface area contributed by atoms with E-state index in [4.69, 9.17) is 9.47 Å². The van der Waals surface area contributed by atoms with Crippen LogP contribution in [0.25, 0.3) is 10.9 Å². The van der Waals surface area contributed by atoms with Crippen LogP contribution in [0.3, 0.4) is 0 Å². The summed E-state index contributed by atoms with van der Waals surface area (Å²) in [7, 11) is 3.64. The number of carbonyl (C=O) groups is 2. The van der Waals surface area contributed by atoms with Crippen LogP contribution in [0.15, 0.2) is 24.4 Å². The molecule has 1 aromatic carbocycles. The van der Waals surface area contributed by atoms with Gasteiger partial charge in [-0.2, -0.15) is 0 Å². The Kier molecular flexibility index (Phi) is 8.51. The molecular formula is C22H33N3O4. The van der Waals surface area contributed by atoms with Crippen LogP contribution in [-0.4, -0.2) is 66.3 Å². The number of rotatable bonds is 10. The molecule has 160 valence electrons. The Morgan fingerprint density at radius 2 is 1.83 bits per heavy atom. The van der Waals surface area contributed by atoms with Crippen molar-refractivity contribution >= 4 is 23.0 Å². The average Bonchev–Trinajstić information content (AvgIpc) is 3.04. The van der Waals surface area contributed by atoms with Gasteiger partial charge in [0.05, 0.1) is 5.52 Å². The maximum absolute atomic E-state index is 12.1. The second kappa shape index (κ2) is 10.9. The van der Waals surface area contributed by atoms with Crippen LogP contribution in [-0.2, 0) is 23.0 Å². The Morgan fingerprint density at radius 1 is 1.10 bits per heavy atom. The van der Waals surface area contributed by atoms with E-state index >= 15 is 0 Å². The quantitative estimate of drug-likeness (QED) is 0.569. The molecular weight excluding hydrogens is 370 g/mol. The number of hydrogen-bond donors (Lipinski definition) is 0. The van der Waals surface area contributed by atoms with E-state index in [9.17, 15) is 9.59 Å². The van der Waals surface area contributed by atoms with Gasteiger partial charge in [0.25, 0.3) is 0 Å². The molecule has 2 aromatic rings. The molecule has 29 heavy (non-hydrogen) atoms. The minimum atomic E-state index is -0.381. The molecule has 0 fully saturated rings. The third-order valence-corrected chi connectivity index (χ3v) is 5.20. The van der Waals surface area contributed by atoms with Gasteiger partial charge in [0.1, 0.15) is 12.4 Å². The van der Waals surface area contributed by atoms with Gasteiger partial charge in [-0.25, -0.2) is 4.79 Å². The van der Waals surface area contributed by atoms with Crippen LogP contribution in [0.2, 0.25) is 0 Å². The third-order valence-electron chi connectivity index (χ3n) is 5.20. The van der Waals surface area contributed by atoms with Crippen molar-refractivity contribution in [2.45, 2.75) is 33.6 Å². The molecule has 0 spiro atoms. The normalized spacial score (nSPS) is 11.1. The van der Waals surface area contributed by atoms with Gasteiger partial charge >= 0.3 is 12.1 Å². The molecule has 0 atom stereocenters. The van der Waals surface area contributed by atoms with Crippen LogP contribution < -0.4 is 4.74 Å². The highest BCUT2D eigenvalue weighted by molar-refractivity contribution is 5.86. The molecule has 0 aliphatic rings. The lowest BCUT2D eigenvalue weighted by Crippen LogP contribution is -2.29. The average molecular weight is 404 g/mol. The molecule has 1 amide bonds. The summed E-state index contributed by atoms with van der Waals surface area (Å²) in [5.41, 5.74) is 2.03. The van der Waals surface area contributed by atoms with E-state index < -0.39 is 0 Å². The fourth-order valence-corrected chi connectivity index (χ4v) is 3.16. The summed E-state index contributed by atoms with van der Waals surface area (Å²) in [6, 6.07) is 5.57. The predicted octanol–water partition coefficient (Wildman–Crippen LogP) is 3.45. The number of fused-ring (bicyclic) bond motifs is 1. The Labute approximate surface area is 173 Å². The van der Waals surface area contributed by atoms with E-state index in [0.29, 0.717) is 31.7 Å². The van der Waals surface area contributed by atoms with Crippen molar-refractivity contribution in [1.82, 2.24) is 14.4 Å². The molecule has 0 bridgehead atoms. The number of hydrogen-bond acceptors (Lipinski definition) is 5. The highest BCUT2D eigenvalue weighted by atomic mass is 16.6. The fraction of sp³-hybridized carbons (Fsp3) is 0.545. The van der Waals surface area contributed by atoms with Gasteiger partial charge in [-0.3, -0.25) is 4.79 Å². The van der Waals surface area contributed by atoms with E-state index in [-0.39, 0.29) is 12.1 Å². The predicted molar refractivity (Wildman–Crippen MR) is 114 cm³/mol. The van der Waals surface area contributed by atoms with Gasteiger partial charge in [0.2, 0.25) is 0 Å². The van der Waals surface area contributed by atoms with E-state index in [1.807, 2.05) is 36.9 Å². The zero-order valence-electron chi connectivity index (χ0n) is 18.2. The summed E-state index contributed by atoms with van der Waals surface area (Å²) in [6.07, 6.45) is 2.58. The molecule has 2 rings (SSSR count). The Morgan fingerprint density at radius 3 is 2.48 bits per heavy atom. The number of ether oxygens (including phenoxy) is 2. The molecule has 0 unspecified atom stereocenters. The number of nitrogens with zero attached hydrogens (tertiary/aromatic N) is 3. The van der Waals surface area contributed by atoms with E-state index in [2.05, 4.69) is 18.7 Å². The summed E-state index contributed by atoms with van der Waals surface area (Å²) < 4.78 is 12.8. The second-order valence-corrected chi connectivity index (χ2v) is 7.07. The number of likely N-dealkylation sites (N-methyl/N-ethyl adjacent to an activating group) is 1. The van der Waals surface area contributed by atoms with Crippen molar-refractivity contribution in [3.05, 3.63) is 30.0 Å². The second-order valence-electron chi connectivity index (χ2n) is 7.07. The molecule has 0 aliphatic heterocycles. The monoisotopic (exact) mass is 403 g/mol. The van der Waals surface area contributed by atoms with Crippen LogP contribution in [0.4, 0.5) is 4.79 Å². The molecule has 0 saturated carbocycles. The third kappa shape index (κ3) is 6.22. The Balaban J connectivity index is 1.96. The van der Waals surface area contributed by atoms with Gasteiger partial charge < -0.3 is 23.8 Å². The molecule has 0 N–H and O–H groups in total. The van der Waals surface area contributed by atoms with Crippen LogP contribution in [0.5, 0.6) is 5.75 Å². The SMILES string of the molecule is CCN(CC)CCOC(=O)CCc1cn(C)c2cc(OC(=O)N(C)CC)ccc12. The van der Waals surface area contributed by atoms with Gasteiger partial charge in [-0.05, 0) is 44.1 Å². The summed E-state index contributed by atoms with van der Waals surface area (Å²) >= 11 is 0. The largest absolute Gasteiger partial charge is 0.464 e. The molecule has 0 saturated heterocycles. The van der Waals surface area contributed by atoms with Crippen LogP contribution >= 0.6 is 0 Å². The van der Waals surface area contributed by atoms with Crippen molar-refractivity contribution in [2.75, 3.05) is 39.8 Å². The smallest absolute Gasteiger partial charge is 0.414 e. The first-order valence-corrected chi connectivity index (χ1v) is 10.3. The molecule has 7 nitrogen and oxygen atoms in total. The molecule has 0 radical (unpaired) electrons. The van der Waals surface area contributed by atoms with Gasteiger partial charge in [0.15, 0.2) is 0 Å². The highest BCUT2D eigenvalue weighted by Crippen LogP contribution is 2.26. The lowest BCUT2D eigenvalue weighted by molar-refractivity contribution is -0.144. The van der Waals surface area contributed by atoms with E-state index in [1.165, 1.54) is 4.90 Å². The molecule has 1 heterocycles. The minimum absolute atomic E-state index is 0.178. The van der Waals surface area contributed by atoms with Crippen LogP contribution in [0.1, 0.15) is 32.8 Å². The topological polar surface area (TPSA) is 64.0 Å². The van der Waals surface area contributed by atoms with Gasteiger partial charge in [0, 0.05) is 51.3 Å². The number of aromatic nitrogens is 1. The first-order valence-electron chi connectivity index (χ1n) is 10.3. The first kappa shape index (κ1) is 22.7. The number of benzene rings is 1. The molecule has 1 aromatic heterocycles. The zero-order chi connectivity index (χ0) is 21.4.